The Morgan fingerprint density at radius 1 is 1.05 bits per heavy atom. The van der Waals surface area contributed by atoms with Gasteiger partial charge in [-0.15, -0.1) is 0 Å². The molecule has 0 saturated carbocycles. The van der Waals surface area contributed by atoms with Crippen LogP contribution >= 0.6 is 0 Å². The Kier molecular flexibility index (Phi) is 4.49. The number of benzene rings is 1. The van der Waals surface area contributed by atoms with Crippen molar-refractivity contribution in [2.75, 3.05) is 14.2 Å². The highest BCUT2D eigenvalue weighted by molar-refractivity contribution is 5.28. The number of aliphatic hydroxyl groups is 1. The lowest BCUT2D eigenvalue weighted by Crippen LogP contribution is -2.13. The highest BCUT2D eigenvalue weighted by Gasteiger charge is 2.22. The molecule has 0 aliphatic heterocycles. The van der Waals surface area contributed by atoms with Crippen LogP contribution in [-0.2, 0) is 4.74 Å². The van der Waals surface area contributed by atoms with Crippen molar-refractivity contribution >= 4 is 0 Å². The Morgan fingerprint density at radius 3 is 2.42 bits per heavy atom. The van der Waals surface area contributed by atoms with Crippen molar-refractivity contribution in [3.63, 3.8) is 0 Å². The molecule has 2 aromatic rings. The summed E-state index contributed by atoms with van der Waals surface area (Å²) in [6, 6.07) is 11.4. The number of nitrogens with zero attached hydrogens (tertiary/aromatic N) is 1. The average Bonchev–Trinajstić information content (AvgIpc) is 2.49. The van der Waals surface area contributed by atoms with E-state index in [2.05, 4.69) is 4.98 Å². The summed E-state index contributed by atoms with van der Waals surface area (Å²) in [6.07, 6.45) is 1.98. The third kappa shape index (κ3) is 3.10. The normalized spacial score (nSPS) is 13.8. The molecule has 2 unspecified atom stereocenters. The lowest BCUT2D eigenvalue weighted by molar-refractivity contribution is -0.0151. The monoisotopic (exact) mass is 259 g/mol. The van der Waals surface area contributed by atoms with E-state index in [1.54, 1.807) is 32.7 Å². The molecule has 0 bridgehead atoms. The number of aromatic nitrogens is 1. The van der Waals surface area contributed by atoms with Crippen molar-refractivity contribution in [2.24, 2.45) is 0 Å². The second-order valence-electron chi connectivity index (χ2n) is 4.17. The van der Waals surface area contributed by atoms with Crippen LogP contribution in [0.4, 0.5) is 0 Å². The molecule has 0 radical (unpaired) electrons. The second-order valence-corrected chi connectivity index (χ2v) is 4.17. The summed E-state index contributed by atoms with van der Waals surface area (Å²) in [5, 5.41) is 10.4. The third-order valence-corrected chi connectivity index (χ3v) is 2.98. The quantitative estimate of drug-likeness (QED) is 0.896. The minimum atomic E-state index is -0.796. The van der Waals surface area contributed by atoms with Gasteiger partial charge in [-0.25, -0.2) is 0 Å². The highest BCUT2D eigenvalue weighted by Crippen LogP contribution is 2.32. The molecule has 100 valence electrons. The fraction of sp³-hybridized carbons (Fsp3) is 0.267. The van der Waals surface area contributed by atoms with Crippen molar-refractivity contribution in [1.82, 2.24) is 4.98 Å². The zero-order valence-electron chi connectivity index (χ0n) is 11.0. The Bertz CT molecular complexity index is 516. The summed E-state index contributed by atoms with van der Waals surface area (Å²) in [6.45, 7) is 0. The van der Waals surface area contributed by atoms with Gasteiger partial charge in [0.1, 0.15) is 18.0 Å². The van der Waals surface area contributed by atoms with E-state index in [0.717, 1.165) is 5.56 Å². The Labute approximate surface area is 112 Å². The fourth-order valence-corrected chi connectivity index (χ4v) is 1.97. The molecule has 19 heavy (non-hydrogen) atoms. The Hall–Kier alpha value is -1.91. The van der Waals surface area contributed by atoms with E-state index in [4.69, 9.17) is 9.47 Å². The van der Waals surface area contributed by atoms with Crippen LogP contribution in [0.1, 0.15) is 23.3 Å². The summed E-state index contributed by atoms with van der Waals surface area (Å²) in [5.41, 5.74) is 1.58. The maximum Gasteiger partial charge on any atom is 0.137 e. The van der Waals surface area contributed by atoms with Gasteiger partial charge >= 0.3 is 0 Å². The van der Waals surface area contributed by atoms with E-state index in [1.807, 2.05) is 30.3 Å². The maximum absolute atomic E-state index is 10.4. The zero-order chi connectivity index (χ0) is 13.7. The topological polar surface area (TPSA) is 51.6 Å². The number of rotatable bonds is 5. The van der Waals surface area contributed by atoms with E-state index in [1.165, 1.54) is 0 Å². The number of pyridine rings is 1. The molecular weight excluding hydrogens is 242 g/mol. The van der Waals surface area contributed by atoms with Gasteiger partial charge in [-0.1, -0.05) is 30.3 Å². The van der Waals surface area contributed by atoms with Crippen LogP contribution in [0, 0.1) is 0 Å². The average molecular weight is 259 g/mol. The molecular formula is C15H17NO3. The molecule has 4 nitrogen and oxygen atoms in total. The molecule has 1 aromatic heterocycles. The Morgan fingerprint density at radius 2 is 1.79 bits per heavy atom. The molecule has 1 heterocycles. The van der Waals surface area contributed by atoms with E-state index in [0.29, 0.717) is 11.3 Å². The van der Waals surface area contributed by atoms with Gasteiger partial charge in [0.05, 0.1) is 13.3 Å². The van der Waals surface area contributed by atoms with Gasteiger partial charge in [0, 0.05) is 18.9 Å². The van der Waals surface area contributed by atoms with E-state index < -0.39 is 12.2 Å². The molecule has 1 aromatic carbocycles. The molecule has 1 N–H and O–H groups in total. The first-order valence-corrected chi connectivity index (χ1v) is 6.01. The molecule has 0 aliphatic rings. The van der Waals surface area contributed by atoms with Gasteiger partial charge in [0.2, 0.25) is 0 Å². The molecule has 4 heteroatoms. The number of ether oxygens (including phenoxy) is 2. The number of aliphatic hydroxyl groups excluding tert-OH is 1. The van der Waals surface area contributed by atoms with Gasteiger partial charge in [-0.05, 0) is 11.6 Å². The van der Waals surface area contributed by atoms with Crippen LogP contribution in [0.5, 0.6) is 5.75 Å². The molecule has 0 fully saturated rings. The number of methoxy groups -OCH3 is 2. The lowest BCUT2D eigenvalue weighted by atomic mass is 9.99. The molecule has 2 rings (SSSR count). The summed E-state index contributed by atoms with van der Waals surface area (Å²) >= 11 is 0. The van der Waals surface area contributed by atoms with Crippen LogP contribution in [0.25, 0.3) is 0 Å². The van der Waals surface area contributed by atoms with E-state index >= 15 is 0 Å². The molecule has 2 atom stereocenters. The van der Waals surface area contributed by atoms with Gasteiger partial charge in [-0.3, -0.25) is 4.98 Å². The first kappa shape index (κ1) is 13.5. The van der Waals surface area contributed by atoms with Crippen molar-refractivity contribution in [3.8, 4) is 5.75 Å². The summed E-state index contributed by atoms with van der Waals surface area (Å²) in [5.74, 6) is 0.611. The van der Waals surface area contributed by atoms with Gasteiger partial charge < -0.3 is 14.6 Å². The standard InChI is InChI=1S/C15H17NO3/c1-18-13-8-12(9-16-10-13)14(17)15(19-2)11-6-4-3-5-7-11/h3-10,14-15,17H,1-2H3. The predicted octanol–water partition coefficient (Wildman–Crippen LogP) is 2.51. The number of hydrogen-bond acceptors (Lipinski definition) is 4. The predicted molar refractivity (Wildman–Crippen MR) is 71.9 cm³/mol. The zero-order valence-corrected chi connectivity index (χ0v) is 11.0. The molecule has 0 saturated heterocycles. The van der Waals surface area contributed by atoms with E-state index in [-0.39, 0.29) is 0 Å². The van der Waals surface area contributed by atoms with E-state index in [9.17, 15) is 5.11 Å². The summed E-state index contributed by atoms with van der Waals surface area (Å²) in [7, 11) is 3.15. The van der Waals surface area contributed by atoms with Gasteiger partial charge in [0.25, 0.3) is 0 Å². The van der Waals surface area contributed by atoms with Crippen LogP contribution in [0.15, 0.2) is 48.8 Å². The molecule has 0 amide bonds. The Balaban J connectivity index is 2.27. The van der Waals surface area contributed by atoms with Crippen molar-refractivity contribution < 1.29 is 14.6 Å². The third-order valence-electron chi connectivity index (χ3n) is 2.98. The van der Waals surface area contributed by atoms with Crippen LogP contribution in [0.3, 0.4) is 0 Å². The second kappa shape index (κ2) is 6.31. The van der Waals surface area contributed by atoms with Crippen molar-refractivity contribution in [1.29, 1.82) is 0 Å². The first-order valence-electron chi connectivity index (χ1n) is 6.01. The maximum atomic E-state index is 10.4. The van der Waals surface area contributed by atoms with Crippen LogP contribution in [-0.4, -0.2) is 24.3 Å². The summed E-state index contributed by atoms with van der Waals surface area (Å²) < 4.78 is 10.5. The molecule has 0 spiro atoms. The largest absolute Gasteiger partial charge is 0.495 e. The van der Waals surface area contributed by atoms with Crippen molar-refractivity contribution in [2.45, 2.75) is 12.2 Å². The minimum Gasteiger partial charge on any atom is -0.495 e. The van der Waals surface area contributed by atoms with Gasteiger partial charge in [0.15, 0.2) is 0 Å². The lowest BCUT2D eigenvalue weighted by Gasteiger charge is -2.22. The highest BCUT2D eigenvalue weighted by atomic mass is 16.5. The number of hydrogen-bond donors (Lipinski definition) is 1. The summed E-state index contributed by atoms with van der Waals surface area (Å²) in [4.78, 5) is 4.05. The fourth-order valence-electron chi connectivity index (χ4n) is 1.97. The smallest absolute Gasteiger partial charge is 0.137 e. The van der Waals surface area contributed by atoms with Crippen LogP contribution in [0.2, 0.25) is 0 Å². The van der Waals surface area contributed by atoms with Crippen molar-refractivity contribution in [3.05, 3.63) is 59.9 Å². The molecule has 0 aliphatic carbocycles. The van der Waals surface area contributed by atoms with Gasteiger partial charge in [-0.2, -0.15) is 0 Å². The SMILES string of the molecule is COc1cncc(C(O)C(OC)c2ccccc2)c1. The van der Waals surface area contributed by atoms with Crippen LogP contribution < -0.4 is 4.74 Å². The first-order chi connectivity index (χ1) is 9.26. The minimum absolute atomic E-state index is 0.435.